The van der Waals surface area contributed by atoms with E-state index in [-0.39, 0.29) is 6.04 Å². The lowest BCUT2D eigenvalue weighted by Gasteiger charge is -2.26. The van der Waals surface area contributed by atoms with Crippen molar-refractivity contribution in [1.29, 1.82) is 0 Å². The third kappa shape index (κ3) is 4.87. The van der Waals surface area contributed by atoms with Crippen LogP contribution in [-0.4, -0.2) is 37.0 Å². The highest BCUT2D eigenvalue weighted by molar-refractivity contribution is 6.42. The topological polar surface area (TPSA) is 70.9 Å². The highest BCUT2D eigenvalue weighted by Gasteiger charge is 2.18. The summed E-state index contributed by atoms with van der Waals surface area (Å²) in [5.41, 5.74) is 6.23. The van der Waals surface area contributed by atoms with Crippen LogP contribution in [0.15, 0.2) is 23.3 Å². The molecule has 0 aliphatic heterocycles. The number of halogens is 2. The monoisotopic (exact) mass is 303 g/mol. The first kappa shape index (κ1) is 16.0. The molecule has 19 heavy (non-hydrogen) atoms. The Labute approximate surface area is 123 Å². The number of nitrogens with two attached hydrogens (primary N) is 2. The molecule has 0 bridgehead atoms. The fourth-order valence-corrected chi connectivity index (χ4v) is 2.02. The summed E-state index contributed by atoms with van der Waals surface area (Å²) >= 11 is 12.0. The fourth-order valence-electron chi connectivity index (χ4n) is 1.71. The lowest BCUT2D eigenvalue weighted by Crippen LogP contribution is -2.33. The van der Waals surface area contributed by atoms with E-state index in [0.717, 1.165) is 18.5 Å². The lowest BCUT2D eigenvalue weighted by atomic mass is 10.0. The second-order valence-electron chi connectivity index (χ2n) is 4.43. The van der Waals surface area contributed by atoms with Gasteiger partial charge < -0.3 is 10.6 Å². The van der Waals surface area contributed by atoms with Gasteiger partial charge in [-0.25, -0.2) is 11.0 Å². The molecule has 1 aromatic rings. The highest BCUT2D eigenvalue weighted by Crippen LogP contribution is 2.29. The molecule has 0 radical (unpaired) electrons. The smallest absolute Gasteiger partial charge is 0.107 e. The number of hydrogen-bond donors (Lipinski definition) is 2. The third-order valence-corrected chi connectivity index (χ3v) is 3.44. The van der Waals surface area contributed by atoms with Gasteiger partial charge in [-0.2, -0.15) is 5.10 Å². The number of hydrogen-bond acceptors (Lipinski definition) is 4. The van der Waals surface area contributed by atoms with Crippen molar-refractivity contribution in [3.63, 3.8) is 0 Å². The van der Waals surface area contributed by atoms with Gasteiger partial charge in [0.1, 0.15) is 6.34 Å². The van der Waals surface area contributed by atoms with Crippen LogP contribution < -0.4 is 11.6 Å². The molecule has 0 amide bonds. The van der Waals surface area contributed by atoms with Gasteiger partial charge >= 0.3 is 0 Å². The molecule has 1 aromatic carbocycles. The zero-order chi connectivity index (χ0) is 14.4. The maximum Gasteiger partial charge on any atom is 0.107 e. The van der Waals surface area contributed by atoms with Gasteiger partial charge in [-0.1, -0.05) is 29.3 Å². The fraction of sp³-hybridized carbons (Fsp3) is 0.417. The van der Waals surface area contributed by atoms with E-state index >= 15 is 0 Å². The average molecular weight is 304 g/mol. The summed E-state index contributed by atoms with van der Waals surface area (Å²) in [5, 5.41) is 6.25. The Hall–Kier alpha value is -1.01. The molecule has 1 rings (SSSR count). The van der Waals surface area contributed by atoms with Crippen LogP contribution in [0, 0.1) is 0 Å². The van der Waals surface area contributed by atoms with E-state index in [9.17, 15) is 0 Å². The van der Waals surface area contributed by atoms with E-state index in [1.54, 1.807) is 12.1 Å². The van der Waals surface area contributed by atoms with Gasteiger partial charge in [0.2, 0.25) is 0 Å². The molecule has 0 heterocycles. The Morgan fingerprint density at radius 3 is 2.53 bits per heavy atom. The van der Waals surface area contributed by atoms with Crippen molar-refractivity contribution in [2.24, 2.45) is 16.7 Å². The first-order valence-electron chi connectivity index (χ1n) is 5.83. The maximum atomic E-state index is 6.04. The number of rotatable bonds is 6. The largest absolute Gasteiger partial charge is 0.388 e. The molecule has 0 aliphatic carbocycles. The molecule has 0 saturated heterocycles. The summed E-state index contributed by atoms with van der Waals surface area (Å²) in [5.74, 6) is 5.90. The van der Waals surface area contributed by atoms with E-state index in [0.29, 0.717) is 10.0 Å². The summed E-state index contributed by atoms with van der Waals surface area (Å²) in [7, 11) is 4.00. The van der Waals surface area contributed by atoms with Crippen LogP contribution in [0.25, 0.3) is 0 Å². The molecule has 7 heteroatoms. The Bertz CT molecular complexity index is 436. The molecule has 5 nitrogen and oxygen atoms in total. The lowest BCUT2D eigenvalue weighted by molar-refractivity contribution is 0.187. The minimum atomic E-state index is -0.114. The van der Waals surface area contributed by atoms with Gasteiger partial charge in [-0.3, -0.25) is 0 Å². The number of hydrazone groups is 1. The van der Waals surface area contributed by atoms with E-state index in [1.165, 1.54) is 11.5 Å². The van der Waals surface area contributed by atoms with Crippen LogP contribution in [0.3, 0.4) is 0 Å². The quantitative estimate of drug-likeness (QED) is 0.365. The average Bonchev–Trinajstić information content (AvgIpc) is 2.33. The SMILES string of the molecule is CN(C)CCC(c1ccc(Cl)c(Cl)c1)N(N)/N=C\N. The van der Waals surface area contributed by atoms with Gasteiger partial charge in [0.05, 0.1) is 16.1 Å². The van der Waals surface area contributed by atoms with Crippen LogP contribution in [0.2, 0.25) is 10.0 Å². The molecule has 0 saturated carbocycles. The predicted octanol–water partition coefficient (Wildman–Crippen LogP) is 2.06. The van der Waals surface area contributed by atoms with Gasteiger partial charge in [0.25, 0.3) is 0 Å². The molecule has 1 unspecified atom stereocenters. The number of hydrazine groups is 1. The predicted molar refractivity (Wildman–Crippen MR) is 81.1 cm³/mol. The first-order chi connectivity index (χ1) is 8.95. The first-order valence-corrected chi connectivity index (χ1v) is 6.59. The van der Waals surface area contributed by atoms with Crippen molar-refractivity contribution < 1.29 is 0 Å². The zero-order valence-corrected chi connectivity index (χ0v) is 12.6. The molecule has 0 aliphatic rings. The van der Waals surface area contributed by atoms with E-state index in [2.05, 4.69) is 10.0 Å². The second kappa shape index (κ2) is 7.55. The summed E-state index contributed by atoms with van der Waals surface area (Å²) < 4.78 is 0. The summed E-state index contributed by atoms with van der Waals surface area (Å²) in [4.78, 5) is 2.07. The van der Waals surface area contributed by atoms with Crippen LogP contribution >= 0.6 is 23.2 Å². The molecule has 0 fully saturated rings. The molecule has 0 spiro atoms. The zero-order valence-electron chi connectivity index (χ0n) is 11.1. The molecular formula is C12H19Cl2N5. The Kier molecular flexibility index (Phi) is 6.37. The number of nitrogens with zero attached hydrogens (tertiary/aromatic N) is 3. The van der Waals surface area contributed by atoms with Crippen molar-refractivity contribution in [2.75, 3.05) is 20.6 Å². The summed E-state index contributed by atoms with van der Waals surface area (Å²) in [6.07, 6.45) is 1.96. The van der Waals surface area contributed by atoms with Crippen molar-refractivity contribution >= 4 is 29.5 Å². The maximum absolute atomic E-state index is 6.04. The van der Waals surface area contributed by atoms with E-state index in [4.69, 9.17) is 34.8 Å². The standard InChI is InChI=1S/C12H19Cl2N5/c1-18(2)6-5-12(19(16)17-8-15)9-3-4-10(13)11(14)7-9/h3-4,7-8,12H,5-6,16H2,1-2H3,(H2,15,17). The minimum Gasteiger partial charge on any atom is -0.388 e. The Morgan fingerprint density at radius 1 is 1.32 bits per heavy atom. The second-order valence-corrected chi connectivity index (χ2v) is 5.24. The van der Waals surface area contributed by atoms with E-state index < -0.39 is 0 Å². The van der Waals surface area contributed by atoms with Crippen LogP contribution in [0.5, 0.6) is 0 Å². The van der Waals surface area contributed by atoms with Gasteiger partial charge in [-0.05, 0) is 44.8 Å². The molecule has 1 atom stereocenters. The van der Waals surface area contributed by atoms with Crippen LogP contribution in [-0.2, 0) is 0 Å². The molecule has 4 N–H and O–H groups in total. The summed E-state index contributed by atoms with van der Waals surface area (Å²) in [6.45, 7) is 0.860. The third-order valence-electron chi connectivity index (χ3n) is 2.70. The highest BCUT2D eigenvalue weighted by atomic mass is 35.5. The van der Waals surface area contributed by atoms with Crippen molar-refractivity contribution in [3.05, 3.63) is 33.8 Å². The van der Waals surface area contributed by atoms with Crippen molar-refractivity contribution in [1.82, 2.24) is 10.0 Å². The number of benzene rings is 1. The van der Waals surface area contributed by atoms with Gasteiger partial charge in [-0.15, -0.1) is 0 Å². The van der Waals surface area contributed by atoms with Crippen molar-refractivity contribution in [2.45, 2.75) is 12.5 Å². The Morgan fingerprint density at radius 2 is 2.00 bits per heavy atom. The Balaban J connectivity index is 2.96. The van der Waals surface area contributed by atoms with Crippen LogP contribution in [0.1, 0.15) is 18.0 Å². The normalized spacial score (nSPS) is 13.2. The molecule has 106 valence electrons. The van der Waals surface area contributed by atoms with Gasteiger partial charge in [0.15, 0.2) is 0 Å². The van der Waals surface area contributed by atoms with Crippen LogP contribution in [0.4, 0.5) is 0 Å². The van der Waals surface area contributed by atoms with Crippen molar-refractivity contribution in [3.8, 4) is 0 Å². The minimum absolute atomic E-state index is 0.114. The van der Waals surface area contributed by atoms with Gasteiger partial charge in [0, 0.05) is 0 Å². The van der Waals surface area contributed by atoms with E-state index in [1.807, 2.05) is 20.2 Å². The molecular weight excluding hydrogens is 285 g/mol. The summed E-state index contributed by atoms with van der Waals surface area (Å²) in [6, 6.07) is 5.33. The molecule has 0 aromatic heterocycles.